The first-order chi connectivity index (χ1) is 14.0. The Morgan fingerprint density at radius 2 is 1.86 bits per heavy atom. The fourth-order valence-electron chi connectivity index (χ4n) is 4.32. The minimum absolute atomic E-state index is 0.139. The molecule has 1 fully saturated rings. The standard InChI is InChI=1S/C23H25N3O3/c1-16(17-8-3-2-4-9-17)14-24-20(27)15-26-21(28)23(25-22(26)29)13-7-11-18-10-5-6-12-19(18)23/h2-6,8-10,12,16H,7,11,13-15H2,1H3,(H,24,27)(H,25,29)/t16-,23+/m0/s1. The molecule has 2 aliphatic rings. The van der Waals surface area contributed by atoms with Crippen LogP contribution in [0.1, 0.15) is 42.4 Å². The van der Waals surface area contributed by atoms with E-state index in [2.05, 4.69) is 10.6 Å². The Morgan fingerprint density at radius 3 is 2.66 bits per heavy atom. The van der Waals surface area contributed by atoms with Crippen LogP contribution in [0.3, 0.4) is 0 Å². The summed E-state index contributed by atoms with van der Waals surface area (Å²) in [4.78, 5) is 39.3. The number of imide groups is 1. The van der Waals surface area contributed by atoms with Gasteiger partial charge in [-0.1, -0.05) is 61.5 Å². The molecule has 4 rings (SSSR count). The van der Waals surface area contributed by atoms with Crippen molar-refractivity contribution < 1.29 is 14.4 Å². The highest BCUT2D eigenvalue weighted by atomic mass is 16.2. The van der Waals surface area contributed by atoms with Crippen molar-refractivity contribution in [3.63, 3.8) is 0 Å². The third-order valence-electron chi connectivity index (χ3n) is 5.93. The van der Waals surface area contributed by atoms with Crippen LogP contribution in [0.4, 0.5) is 4.79 Å². The first-order valence-corrected chi connectivity index (χ1v) is 10.1. The summed E-state index contributed by atoms with van der Waals surface area (Å²) in [6.07, 6.45) is 2.26. The molecule has 2 N–H and O–H groups in total. The Balaban J connectivity index is 1.43. The molecular formula is C23H25N3O3. The summed E-state index contributed by atoms with van der Waals surface area (Å²) < 4.78 is 0. The number of urea groups is 1. The van der Waals surface area contributed by atoms with Gasteiger partial charge in [-0.25, -0.2) is 4.79 Å². The van der Waals surface area contributed by atoms with Gasteiger partial charge in [-0.15, -0.1) is 0 Å². The molecule has 0 bridgehead atoms. The van der Waals surface area contributed by atoms with Crippen molar-refractivity contribution in [3.05, 3.63) is 71.3 Å². The van der Waals surface area contributed by atoms with Crippen molar-refractivity contribution in [2.24, 2.45) is 0 Å². The maximum atomic E-state index is 13.2. The normalized spacial score (nSPS) is 21.6. The molecular weight excluding hydrogens is 366 g/mol. The lowest BCUT2D eigenvalue weighted by Crippen LogP contribution is -2.47. The van der Waals surface area contributed by atoms with E-state index in [4.69, 9.17) is 0 Å². The lowest BCUT2D eigenvalue weighted by atomic mass is 9.76. The summed E-state index contributed by atoms with van der Waals surface area (Å²) >= 11 is 0. The Kier molecular flexibility index (Phi) is 5.09. The third-order valence-corrected chi connectivity index (χ3v) is 5.93. The van der Waals surface area contributed by atoms with Crippen LogP contribution in [0.2, 0.25) is 0 Å². The van der Waals surface area contributed by atoms with Gasteiger partial charge in [0, 0.05) is 6.54 Å². The molecule has 1 heterocycles. The molecule has 6 nitrogen and oxygen atoms in total. The summed E-state index contributed by atoms with van der Waals surface area (Å²) in [6.45, 7) is 2.20. The molecule has 1 saturated heterocycles. The average Bonchev–Trinajstić information content (AvgIpc) is 2.97. The number of carbonyl (C=O) groups is 3. The van der Waals surface area contributed by atoms with Gasteiger partial charge in [0.1, 0.15) is 12.1 Å². The van der Waals surface area contributed by atoms with Crippen LogP contribution in [-0.4, -0.2) is 35.8 Å². The Hall–Kier alpha value is -3.15. The van der Waals surface area contributed by atoms with E-state index in [1.54, 1.807) is 0 Å². The van der Waals surface area contributed by atoms with E-state index >= 15 is 0 Å². The van der Waals surface area contributed by atoms with Gasteiger partial charge in [0.15, 0.2) is 0 Å². The number of nitrogens with one attached hydrogen (secondary N) is 2. The third kappa shape index (κ3) is 3.50. The molecule has 150 valence electrons. The van der Waals surface area contributed by atoms with E-state index in [1.165, 1.54) is 0 Å². The largest absolute Gasteiger partial charge is 0.354 e. The molecule has 29 heavy (non-hydrogen) atoms. The Labute approximate surface area is 170 Å². The van der Waals surface area contributed by atoms with E-state index in [-0.39, 0.29) is 24.3 Å². The van der Waals surface area contributed by atoms with Gasteiger partial charge in [-0.2, -0.15) is 0 Å². The lowest BCUT2D eigenvalue weighted by Gasteiger charge is -2.33. The fourth-order valence-corrected chi connectivity index (χ4v) is 4.32. The van der Waals surface area contributed by atoms with Crippen LogP contribution in [0.15, 0.2) is 54.6 Å². The Bertz CT molecular complexity index is 943. The van der Waals surface area contributed by atoms with E-state index in [0.717, 1.165) is 34.4 Å². The fraction of sp³-hybridized carbons (Fsp3) is 0.348. The second kappa shape index (κ2) is 7.70. The summed E-state index contributed by atoms with van der Waals surface area (Å²) in [7, 11) is 0. The second-order valence-electron chi connectivity index (χ2n) is 7.85. The minimum Gasteiger partial charge on any atom is -0.354 e. The van der Waals surface area contributed by atoms with Crippen molar-refractivity contribution in [2.75, 3.05) is 13.1 Å². The Morgan fingerprint density at radius 1 is 1.14 bits per heavy atom. The molecule has 1 aliphatic heterocycles. The molecule has 4 amide bonds. The number of hydrogen-bond donors (Lipinski definition) is 2. The van der Waals surface area contributed by atoms with Crippen LogP contribution >= 0.6 is 0 Å². The van der Waals surface area contributed by atoms with Crippen molar-refractivity contribution in [2.45, 2.75) is 37.6 Å². The first-order valence-electron chi connectivity index (χ1n) is 10.1. The van der Waals surface area contributed by atoms with Crippen LogP contribution in [-0.2, 0) is 21.5 Å². The highest BCUT2D eigenvalue weighted by Crippen LogP contribution is 2.39. The molecule has 0 unspecified atom stereocenters. The van der Waals surface area contributed by atoms with Gasteiger partial charge in [0.2, 0.25) is 5.91 Å². The van der Waals surface area contributed by atoms with Crippen molar-refractivity contribution >= 4 is 17.8 Å². The molecule has 1 spiro atoms. The SMILES string of the molecule is C[C@@H](CNC(=O)CN1C(=O)N[C@@]2(CCCc3ccccc32)C1=O)c1ccccc1. The van der Waals surface area contributed by atoms with E-state index in [1.807, 2.05) is 61.5 Å². The molecule has 2 aromatic carbocycles. The van der Waals surface area contributed by atoms with Gasteiger partial charge in [0.25, 0.3) is 5.91 Å². The van der Waals surface area contributed by atoms with Gasteiger partial charge < -0.3 is 10.6 Å². The van der Waals surface area contributed by atoms with Crippen LogP contribution < -0.4 is 10.6 Å². The van der Waals surface area contributed by atoms with Gasteiger partial charge in [0.05, 0.1) is 0 Å². The molecule has 0 radical (unpaired) electrons. The average molecular weight is 391 g/mol. The maximum absolute atomic E-state index is 13.2. The number of rotatable bonds is 5. The monoisotopic (exact) mass is 391 g/mol. The first kappa shape index (κ1) is 19.2. The number of carbonyl (C=O) groups excluding carboxylic acids is 3. The second-order valence-corrected chi connectivity index (χ2v) is 7.85. The van der Waals surface area contributed by atoms with E-state index < -0.39 is 11.6 Å². The zero-order valence-corrected chi connectivity index (χ0v) is 16.5. The smallest absolute Gasteiger partial charge is 0.325 e. The summed E-state index contributed by atoms with van der Waals surface area (Å²) in [5.41, 5.74) is 2.02. The summed E-state index contributed by atoms with van der Waals surface area (Å²) in [5.74, 6) is -0.529. The minimum atomic E-state index is -1.04. The molecule has 2 aromatic rings. The molecule has 6 heteroatoms. The quantitative estimate of drug-likeness (QED) is 0.770. The highest BCUT2D eigenvalue weighted by molar-refractivity contribution is 6.09. The number of amides is 4. The molecule has 0 saturated carbocycles. The van der Waals surface area contributed by atoms with Gasteiger partial charge in [-0.3, -0.25) is 14.5 Å². The number of hydrogen-bond acceptors (Lipinski definition) is 3. The van der Waals surface area contributed by atoms with Crippen molar-refractivity contribution in [1.29, 1.82) is 0 Å². The molecule has 0 aromatic heterocycles. The molecule has 2 atom stereocenters. The topological polar surface area (TPSA) is 78.5 Å². The predicted octanol–water partition coefficient (Wildman–Crippen LogP) is 2.69. The van der Waals surface area contributed by atoms with Gasteiger partial charge in [-0.05, 0) is 41.9 Å². The number of fused-ring (bicyclic) bond motifs is 2. The van der Waals surface area contributed by atoms with Gasteiger partial charge >= 0.3 is 6.03 Å². The summed E-state index contributed by atoms with van der Waals surface area (Å²) in [5, 5.41) is 5.73. The number of benzene rings is 2. The van der Waals surface area contributed by atoms with Crippen LogP contribution in [0.25, 0.3) is 0 Å². The number of nitrogens with zero attached hydrogens (tertiary/aromatic N) is 1. The zero-order valence-electron chi connectivity index (χ0n) is 16.5. The number of aryl methyl sites for hydroxylation is 1. The summed E-state index contributed by atoms with van der Waals surface area (Å²) in [6, 6.07) is 17.1. The lowest BCUT2D eigenvalue weighted by molar-refractivity contribution is -0.135. The van der Waals surface area contributed by atoms with Crippen LogP contribution in [0, 0.1) is 0 Å². The maximum Gasteiger partial charge on any atom is 0.325 e. The zero-order chi connectivity index (χ0) is 20.4. The van der Waals surface area contributed by atoms with Crippen molar-refractivity contribution in [3.8, 4) is 0 Å². The predicted molar refractivity (Wildman–Crippen MR) is 109 cm³/mol. The van der Waals surface area contributed by atoms with E-state index in [9.17, 15) is 14.4 Å². The van der Waals surface area contributed by atoms with Crippen molar-refractivity contribution in [1.82, 2.24) is 15.5 Å². The van der Waals surface area contributed by atoms with Crippen LogP contribution in [0.5, 0.6) is 0 Å². The highest BCUT2D eigenvalue weighted by Gasteiger charge is 2.54. The molecule has 1 aliphatic carbocycles. The van der Waals surface area contributed by atoms with E-state index in [0.29, 0.717) is 13.0 Å².